The van der Waals surface area contributed by atoms with E-state index in [1.165, 1.54) is 17.0 Å². The van der Waals surface area contributed by atoms with Gasteiger partial charge < -0.3 is 9.80 Å². The molecule has 0 N–H and O–H groups in total. The van der Waals surface area contributed by atoms with E-state index in [1.807, 2.05) is 6.07 Å². The first-order valence-electron chi connectivity index (χ1n) is 12.0. The van der Waals surface area contributed by atoms with Crippen LogP contribution in [-0.4, -0.2) is 47.2 Å². The summed E-state index contributed by atoms with van der Waals surface area (Å²) in [5.41, 5.74) is 0.637. The second-order valence-electron chi connectivity index (χ2n) is 9.30. The molecule has 2 aromatic rings. The number of nitriles is 1. The van der Waals surface area contributed by atoms with Gasteiger partial charge in [-0.15, -0.1) is 0 Å². The van der Waals surface area contributed by atoms with E-state index in [2.05, 4.69) is 0 Å². The molecule has 10 heteroatoms. The normalized spacial score (nSPS) is 19.9. The first kappa shape index (κ1) is 24.6. The van der Waals surface area contributed by atoms with E-state index in [0.29, 0.717) is 29.9 Å². The number of nitrogens with zero attached hydrogens (tertiary/aromatic N) is 4. The number of urea groups is 1. The van der Waals surface area contributed by atoms with Gasteiger partial charge in [0.2, 0.25) is 5.91 Å². The Balaban J connectivity index is 1.64. The second kappa shape index (κ2) is 9.39. The lowest BCUT2D eigenvalue weighted by Gasteiger charge is -2.42. The molecule has 0 radical (unpaired) electrons. The van der Waals surface area contributed by atoms with E-state index >= 15 is 0 Å². The van der Waals surface area contributed by atoms with Crippen LogP contribution >= 0.6 is 0 Å². The number of rotatable bonds is 4. The Hall–Kier alpha value is -4.13. The summed E-state index contributed by atoms with van der Waals surface area (Å²) < 4.78 is 40.4. The first-order chi connectivity index (χ1) is 17.7. The number of alkyl halides is 3. The van der Waals surface area contributed by atoms with Crippen LogP contribution in [0, 0.1) is 11.3 Å². The summed E-state index contributed by atoms with van der Waals surface area (Å²) in [4.78, 5) is 44.4. The molecule has 3 amide bonds. The Morgan fingerprint density at radius 3 is 2.38 bits per heavy atom. The van der Waals surface area contributed by atoms with Gasteiger partial charge in [-0.2, -0.15) is 18.4 Å². The summed E-state index contributed by atoms with van der Waals surface area (Å²) in [6, 6.07) is 11.3. The number of benzene rings is 2. The Morgan fingerprint density at radius 1 is 1.03 bits per heavy atom. The lowest BCUT2D eigenvalue weighted by molar-refractivity contribution is -0.137. The van der Waals surface area contributed by atoms with Crippen LogP contribution < -0.4 is 4.90 Å². The van der Waals surface area contributed by atoms with E-state index < -0.39 is 23.8 Å². The maximum absolute atomic E-state index is 14.0. The lowest BCUT2D eigenvalue weighted by atomic mass is 9.92. The fourth-order valence-electron chi connectivity index (χ4n) is 5.26. The monoisotopic (exact) mass is 508 g/mol. The summed E-state index contributed by atoms with van der Waals surface area (Å²) in [5.74, 6) is -0.518. The van der Waals surface area contributed by atoms with Crippen LogP contribution in [0.3, 0.4) is 0 Å². The SMILES string of the molecule is N#Cc1ccc(C2C3=C(CCC3=O)N(c3cccc(C(F)(F)F)c3)C(=O)N2CC(=O)N2CCCC2)cc1. The Labute approximate surface area is 211 Å². The fraction of sp³-hybridized carbons (Fsp3) is 0.333. The number of ketones is 1. The van der Waals surface area contributed by atoms with Gasteiger partial charge >= 0.3 is 12.2 Å². The summed E-state index contributed by atoms with van der Waals surface area (Å²) in [5, 5.41) is 9.19. The number of halogens is 3. The molecule has 37 heavy (non-hydrogen) atoms. The van der Waals surface area contributed by atoms with Crippen LogP contribution in [0.4, 0.5) is 23.7 Å². The van der Waals surface area contributed by atoms with E-state index in [9.17, 15) is 32.8 Å². The molecule has 5 rings (SSSR count). The number of Topliss-reactive ketones (excluding diaryl/α,β-unsaturated/α-hetero) is 1. The Bertz CT molecular complexity index is 1340. The number of carbonyl (C=O) groups is 3. The number of amides is 3. The van der Waals surface area contributed by atoms with Crippen molar-refractivity contribution in [3.05, 3.63) is 76.5 Å². The second-order valence-corrected chi connectivity index (χ2v) is 9.30. The van der Waals surface area contributed by atoms with Gasteiger partial charge in [0.05, 0.1) is 28.9 Å². The van der Waals surface area contributed by atoms with Crippen molar-refractivity contribution in [1.82, 2.24) is 9.80 Å². The molecule has 190 valence electrons. The van der Waals surface area contributed by atoms with Crippen LogP contribution in [-0.2, 0) is 15.8 Å². The zero-order valence-corrected chi connectivity index (χ0v) is 19.8. The minimum absolute atomic E-state index is 0.0149. The maximum atomic E-state index is 14.0. The van der Waals surface area contributed by atoms with E-state index in [0.717, 1.165) is 29.9 Å². The molecule has 1 unspecified atom stereocenters. The van der Waals surface area contributed by atoms with E-state index in [4.69, 9.17) is 0 Å². The molecule has 0 spiro atoms. The standard InChI is InChI=1S/C27H23F3N4O3/c28-27(29,30)19-4-3-5-20(14-19)34-21-10-11-22(35)24(21)25(18-8-6-17(15-31)7-9-18)33(26(34)37)16-23(36)32-12-1-2-13-32/h3-9,14,25H,1-2,10-13,16H2. The van der Waals surface area contributed by atoms with Crippen molar-refractivity contribution < 1.29 is 27.6 Å². The van der Waals surface area contributed by atoms with Crippen LogP contribution in [0.5, 0.6) is 0 Å². The molecular weight excluding hydrogens is 485 g/mol. The Morgan fingerprint density at radius 2 is 1.73 bits per heavy atom. The van der Waals surface area contributed by atoms with Crippen molar-refractivity contribution in [2.24, 2.45) is 0 Å². The average molecular weight is 509 g/mol. The van der Waals surface area contributed by atoms with Crippen LogP contribution in [0.15, 0.2) is 59.8 Å². The number of hydrogen-bond donors (Lipinski definition) is 0. The zero-order valence-electron chi connectivity index (χ0n) is 19.8. The predicted octanol–water partition coefficient (Wildman–Crippen LogP) is 4.80. The highest BCUT2D eigenvalue weighted by molar-refractivity contribution is 6.08. The van der Waals surface area contributed by atoms with Crippen molar-refractivity contribution in [3.63, 3.8) is 0 Å². The van der Waals surface area contributed by atoms with Gasteiger partial charge in [0.15, 0.2) is 5.78 Å². The van der Waals surface area contributed by atoms with Crippen molar-refractivity contribution in [2.75, 3.05) is 24.5 Å². The minimum Gasteiger partial charge on any atom is -0.341 e. The summed E-state index contributed by atoms with van der Waals surface area (Å²) in [7, 11) is 0. The van der Waals surface area contributed by atoms with Crippen LogP contribution in [0.2, 0.25) is 0 Å². The number of allylic oxidation sites excluding steroid dienone is 1. The number of hydrogen-bond acceptors (Lipinski definition) is 4. The lowest BCUT2D eigenvalue weighted by Crippen LogP contribution is -2.53. The molecule has 1 aliphatic carbocycles. The molecule has 3 aliphatic rings. The van der Waals surface area contributed by atoms with Crippen molar-refractivity contribution in [2.45, 2.75) is 37.9 Å². The molecule has 0 aromatic heterocycles. The van der Waals surface area contributed by atoms with E-state index in [-0.39, 0.29) is 42.3 Å². The molecule has 7 nitrogen and oxygen atoms in total. The highest BCUT2D eigenvalue weighted by Gasteiger charge is 2.47. The summed E-state index contributed by atoms with van der Waals surface area (Å²) in [6.45, 7) is 0.794. The van der Waals surface area contributed by atoms with E-state index in [1.54, 1.807) is 29.2 Å². The zero-order chi connectivity index (χ0) is 26.3. The average Bonchev–Trinajstić information content (AvgIpc) is 3.55. The van der Waals surface area contributed by atoms with Gasteiger partial charge in [-0.25, -0.2) is 4.79 Å². The highest BCUT2D eigenvalue weighted by Crippen LogP contribution is 2.45. The van der Waals surface area contributed by atoms with Gasteiger partial charge in [-0.3, -0.25) is 14.5 Å². The Kier molecular flexibility index (Phi) is 6.23. The van der Waals surface area contributed by atoms with Gasteiger partial charge in [0, 0.05) is 30.8 Å². The number of carbonyl (C=O) groups excluding carboxylic acids is 3. The molecule has 1 atom stereocenters. The predicted molar refractivity (Wildman–Crippen MR) is 127 cm³/mol. The summed E-state index contributed by atoms with van der Waals surface area (Å²) in [6.07, 6.45) is -2.62. The quantitative estimate of drug-likeness (QED) is 0.594. The smallest absolute Gasteiger partial charge is 0.341 e. The number of likely N-dealkylation sites (tertiary alicyclic amines) is 1. The molecule has 2 heterocycles. The third-order valence-corrected chi connectivity index (χ3v) is 7.04. The van der Waals surface area contributed by atoms with Crippen LogP contribution in [0.25, 0.3) is 0 Å². The molecule has 2 aliphatic heterocycles. The first-order valence-corrected chi connectivity index (χ1v) is 12.0. The molecule has 0 bridgehead atoms. The topological polar surface area (TPSA) is 84.7 Å². The minimum atomic E-state index is -4.62. The van der Waals surface area contributed by atoms with Crippen LogP contribution in [0.1, 0.15) is 48.4 Å². The molecule has 1 saturated heterocycles. The van der Waals surface area contributed by atoms with Gasteiger partial charge in [-0.1, -0.05) is 18.2 Å². The molecule has 1 fully saturated rings. The molecule has 0 saturated carbocycles. The van der Waals surface area contributed by atoms with Crippen molar-refractivity contribution in [3.8, 4) is 6.07 Å². The largest absolute Gasteiger partial charge is 0.416 e. The summed E-state index contributed by atoms with van der Waals surface area (Å²) >= 11 is 0. The van der Waals surface area contributed by atoms with Gasteiger partial charge in [0.25, 0.3) is 0 Å². The van der Waals surface area contributed by atoms with Crippen molar-refractivity contribution >= 4 is 23.4 Å². The van der Waals surface area contributed by atoms with Gasteiger partial charge in [-0.05, 0) is 55.2 Å². The molecular formula is C27H23F3N4O3. The number of anilines is 1. The maximum Gasteiger partial charge on any atom is 0.416 e. The fourth-order valence-corrected chi connectivity index (χ4v) is 5.26. The van der Waals surface area contributed by atoms with Gasteiger partial charge in [0.1, 0.15) is 6.54 Å². The highest BCUT2D eigenvalue weighted by atomic mass is 19.4. The molecule has 2 aromatic carbocycles. The third-order valence-electron chi connectivity index (χ3n) is 7.04. The van der Waals surface area contributed by atoms with Crippen molar-refractivity contribution in [1.29, 1.82) is 5.26 Å². The third kappa shape index (κ3) is 4.46.